The molecule has 0 unspecified atom stereocenters. The SMILES string of the molecule is Cc1c(C=C2SC(=S)N(CC(=O)O)C2=O)cnn1C. The van der Waals surface area contributed by atoms with E-state index in [1.54, 1.807) is 17.0 Å². The number of carbonyl (C=O) groups is 2. The molecule has 2 rings (SSSR count). The highest BCUT2D eigenvalue weighted by Crippen LogP contribution is 2.32. The second-order valence-electron chi connectivity index (χ2n) is 3.97. The number of aryl methyl sites for hydroxylation is 1. The molecule has 1 N–H and O–H groups in total. The van der Waals surface area contributed by atoms with Crippen molar-refractivity contribution in [1.82, 2.24) is 14.7 Å². The summed E-state index contributed by atoms with van der Waals surface area (Å²) >= 11 is 6.12. The van der Waals surface area contributed by atoms with Crippen molar-refractivity contribution in [3.05, 3.63) is 22.4 Å². The highest BCUT2D eigenvalue weighted by molar-refractivity contribution is 8.26. The third-order valence-corrected chi connectivity index (χ3v) is 4.10. The van der Waals surface area contributed by atoms with Crippen LogP contribution in [0.1, 0.15) is 11.3 Å². The number of carboxylic acid groups (broad SMARTS) is 1. The lowest BCUT2D eigenvalue weighted by molar-refractivity contribution is -0.140. The van der Waals surface area contributed by atoms with Crippen LogP contribution >= 0.6 is 24.0 Å². The zero-order chi connectivity index (χ0) is 14.2. The highest BCUT2D eigenvalue weighted by Gasteiger charge is 2.33. The van der Waals surface area contributed by atoms with Gasteiger partial charge in [-0.05, 0) is 13.0 Å². The van der Waals surface area contributed by atoms with Gasteiger partial charge in [0.2, 0.25) is 0 Å². The molecule has 0 bridgehead atoms. The van der Waals surface area contributed by atoms with Gasteiger partial charge >= 0.3 is 5.97 Å². The Morgan fingerprint density at radius 2 is 2.32 bits per heavy atom. The van der Waals surface area contributed by atoms with Crippen LogP contribution in [-0.2, 0) is 16.6 Å². The van der Waals surface area contributed by atoms with Crippen molar-refractivity contribution in [2.75, 3.05) is 6.54 Å². The van der Waals surface area contributed by atoms with E-state index in [4.69, 9.17) is 17.3 Å². The molecule has 0 aliphatic carbocycles. The number of amides is 1. The van der Waals surface area contributed by atoms with Crippen molar-refractivity contribution in [1.29, 1.82) is 0 Å². The quantitative estimate of drug-likeness (QED) is 0.663. The summed E-state index contributed by atoms with van der Waals surface area (Å²) in [5, 5.41) is 12.8. The van der Waals surface area contributed by atoms with E-state index in [0.29, 0.717) is 4.91 Å². The summed E-state index contributed by atoms with van der Waals surface area (Å²) in [7, 11) is 1.81. The van der Waals surface area contributed by atoms with Gasteiger partial charge < -0.3 is 5.11 Å². The number of hydrogen-bond donors (Lipinski definition) is 1. The zero-order valence-electron chi connectivity index (χ0n) is 10.3. The number of thiocarbonyl (C=S) groups is 1. The van der Waals surface area contributed by atoms with Crippen LogP contribution in [0.25, 0.3) is 6.08 Å². The highest BCUT2D eigenvalue weighted by atomic mass is 32.2. The Labute approximate surface area is 119 Å². The van der Waals surface area contributed by atoms with E-state index in [1.807, 2.05) is 14.0 Å². The molecule has 2 heterocycles. The van der Waals surface area contributed by atoms with Crippen LogP contribution in [0.5, 0.6) is 0 Å². The number of thioether (sulfide) groups is 1. The fraction of sp³-hybridized carbons (Fsp3) is 0.273. The van der Waals surface area contributed by atoms with Crippen molar-refractivity contribution >= 4 is 46.3 Å². The number of nitrogens with zero attached hydrogens (tertiary/aromatic N) is 3. The standard InChI is InChI=1S/C11H11N3O3S2/c1-6-7(4-12-13(6)2)3-8-10(17)14(5-9(15)16)11(18)19-8/h3-4H,5H2,1-2H3,(H,15,16). The molecule has 1 aliphatic heterocycles. The topological polar surface area (TPSA) is 75.4 Å². The molecule has 8 heteroatoms. The average Bonchev–Trinajstić information content (AvgIpc) is 2.77. The number of carboxylic acids is 1. The third kappa shape index (κ3) is 2.69. The van der Waals surface area contributed by atoms with Crippen LogP contribution in [-0.4, -0.2) is 42.5 Å². The molecule has 1 saturated heterocycles. The predicted molar refractivity (Wildman–Crippen MR) is 75.5 cm³/mol. The van der Waals surface area contributed by atoms with Gasteiger partial charge in [-0.2, -0.15) is 5.10 Å². The van der Waals surface area contributed by atoms with E-state index in [9.17, 15) is 9.59 Å². The van der Waals surface area contributed by atoms with Crippen molar-refractivity contribution in [2.45, 2.75) is 6.92 Å². The molecule has 0 atom stereocenters. The van der Waals surface area contributed by atoms with Crippen molar-refractivity contribution in [3.8, 4) is 0 Å². The van der Waals surface area contributed by atoms with Crippen LogP contribution in [0, 0.1) is 6.92 Å². The Balaban J connectivity index is 2.28. The predicted octanol–water partition coefficient (Wildman–Crippen LogP) is 1.01. The molecular formula is C11H11N3O3S2. The maximum Gasteiger partial charge on any atom is 0.323 e. The summed E-state index contributed by atoms with van der Waals surface area (Å²) in [6, 6.07) is 0. The Hall–Kier alpha value is -1.67. The summed E-state index contributed by atoms with van der Waals surface area (Å²) < 4.78 is 1.96. The monoisotopic (exact) mass is 297 g/mol. The first-order chi connectivity index (χ1) is 8.90. The lowest BCUT2D eigenvalue weighted by atomic mass is 10.2. The number of carbonyl (C=O) groups excluding carboxylic acids is 1. The van der Waals surface area contributed by atoms with E-state index < -0.39 is 12.5 Å². The van der Waals surface area contributed by atoms with Gasteiger partial charge in [0.25, 0.3) is 5.91 Å². The third-order valence-electron chi connectivity index (χ3n) is 2.73. The smallest absolute Gasteiger partial charge is 0.323 e. The minimum atomic E-state index is -1.09. The molecule has 1 aromatic heterocycles. The van der Waals surface area contributed by atoms with Gasteiger partial charge in [0.1, 0.15) is 10.9 Å². The van der Waals surface area contributed by atoms with Crippen molar-refractivity contribution in [3.63, 3.8) is 0 Å². The van der Waals surface area contributed by atoms with Crippen LogP contribution in [0.15, 0.2) is 11.1 Å². The molecule has 0 radical (unpaired) electrons. The first-order valence-electron chi connectivity index (χ1n) is 5.36. The summed E-state index contributed by atoms with van der Waals surface area (Å²) in [4.78, 5) is 24.2. The summed E-state index contributed by atoms with van der Waals surface area (Å²) in [6.45, 7) is 1.48. The summed E-state index contributed by atoms with van der Waals surface area (Å²) in [5.74, 6) is -1.46. The van der Waals surface area contributed by atoms with Gasteiger partial charge in [0, 0.05) is 18.3 Å². The molecule has 0 spiro atoms. The maximum atomic E-state index is 12.0. The van der Waals surface area contributed by atoms with Crippen LogP contribution in [0.4, 0.5) is 0 Å². The largest absolute Gasteiger partial charge is 0.480 e. The number of aliphatic carboxylic acids is 1. The molecule has 1 aromatic rings. The molecule has 100 valence electrons. The Bertz CT molecular complexity index is 606. The number of aromatic nitrogens is 2. The zero-order valence-corrected chi connectivity index (χ0v) is 11.9. The molecule has 6 nitrogen and oxygen atoms in total. The first-order valence-corrected chi connectivity index (χ1v) is 6.58. The van der Waals surface area contributed by atoms with E-state index >= 15 is 0 Å². The molecule has 1 fully saturated rings. The van der Waals surface area contributed by atoms with E-state index in [1.165, 1.54) is 0 Å². The van der Waals surface area contributed by atoms with E-state index in [2.05, 4.69) is 5.10 Å². The first kappa shape index (κ1) is 13.8. The Morgan fingerprint density at radius 3 is 2.84 bits per heavy atom. The van der Waals surface area contributed by atoms with Gasteiger partial charge in [-0.15, -0.1) is 0 Å². The Morgan fingerprint density at radius 1 is 1.63 bits per heavy atom. The normalized spacial score (nSPS) is 17.6. The van der Waals surface area contributed by atoms with Crippen molar-refractivity contribution in [2.24, 2.45) is 7.05 Å². The average molecular weight is 297 g/mol. The van der Waals surface area contributed by atoms with Gasteiger partial charge in [0.05, 0.1) is 11.1 Å². The molecule has 0 saturated carbocycles. The molecule has 0 aromatic carbocycles. The van der Waals surface area contributed by atoms with Crippen LogP contribution in [0.2, 0.25) is 0 Å². The lowest BCUT2D eigenvalue weighted by Crippen LogP contribution is -2.33. The van der Waals surface area contributed by atoms with E-state index in [0.717, 1.165) is 27.9 Å². The minimum absolute atomic E-state index is 0.264. The minimum Gasteiger partial charge on any atom is -0.480 e. The summed E-state index contributed by atoms with van der Waals surface area (Å²) in [5.41, 5.74) is 1.74. The Kier molecular flexibility index (Phi) is 3.72. The van der Waals surface area contributed by atoms with Crippen LogP contribution < -0.4 is 0 Å². The molecule has 1 amide bonds. The summed E-state index contributed by atoms with van der Waals surface area (Å²) in [6.07, 6.45) is 3.34. The second-order valence-corrected chi connectivity index (χ2v) is 5.65. The molecule has 1 aliphatic rings. The van der Waals surface area contributed by atoms with Crippen molar-refractivity contribution < 1.29 is 14.7 Å². The fourth-order valence-corrected chi connectivity index (χ4v) is 2.82. The molecule has 19 heavy (non-hydrogen) atoms. The number of hydrogen-bond acceptors (Lipinski definition) is 5. The van der Waals surface area contributed by atoms with Gasteiger partial charge in [-0.25, -0.2) is 0 Å². The molecular weight excluding hydrogens is 286 g/mol. The second kappa shape index (κ2) is 5.14. The number of rotatable bonds is 3. The van der Waals surface area contributed by atoms with E-state index in [-0.39, 0.29) is 10.2 Å². The van der Waals surface area contributed by atoms with Gasteiger partial charge in [-0.3, -0.25) is 19.2 Å². The van der Waals surface area contributed by atoms with Crippen LogP contribution in [0.3, 0.4) is 0 Å². The fourth-order valence-electron chi connectivity index (χ4n) is 1.57. The maximum absolute atomic E-state index is 12.0. The van der Waals surface area contributed by atoms with Gasteiger partial charge in [0.15, 0.2) is 0 Å². The van der Waals surface area contributed by atoms with Gasteiger partial charge in [-0.1, -0.05) is 24.0 Å². The lowest BCUT2D eigenvalue weighted by Gasteiger charge is -2.10.